The molecule has 0 bridgehead atoms. The predicted molar refractivity (Wildman–Crippen MR) is 125 cm³/mol. The average molecular weight is 519 g/mol. The molecule has 2 aromatic rings. The highest BCUT2D eigenvalue weighted by molar-refractivity contribution is 7.71. The van der Waals surface area contributed by atoms with E-state index in [0.29, 0.717) is 5.39 Å². The molecule has 0 aliphatic carbocycles. The number of aliphatic hydroxyl groups excluding tert-OH is 2. The van der Waals surface area contributed by atoms with Crippen molar-refractivity contribution in [3.8, 4) is 0 Å². The lowest BCUT2D eigenvalue weighted by Gasteiger charge is -2.38. The van der Waals surface area contributed by atoms with Crippen LogP contribution in [0.3, 0.4) is 0 Å². The van der Waals surface area contributed by atoms with Crippen LogP contribution in [0, 0.1) is 4.77 Å². The Labute approximate surface area is 201 Å². The first-order valence-corrected chi connectivity index (χ1v) is 13.0. The maximum absolute atomic E-state index is 12.9. The van der Waals surface area contributed by atoms with Gasteiger partial charge in [0.05, 0.1) is 17.1 Å². The number of hydrogen-bond donors (Lipinski definition) is 5. The monoisotopic (exact) mass is 518 g/mol. The van der Waals surface area contributed by atoms with Gasteiger partial charge in [-0.3, -0.25) is 14.1 Å². The van der Waals surface area contributed by atoms with Crippen molar-refractivity contribution in [2.75, 3.05) is 0 Å². The quantitative estimate of drug-likeness (QED) is 0.241. The van der Waals surface area contributed by atoms with E-state index in [2.05, 4.69) is 15.0 Å². The molecular weight excluding hydrogens is 487 g/mol. The van der Waals surface area contributed by atoms with Crippen LogP contribution in [-0.2, 0) is 13.8 Å². The lowest BCUT2D eigenvalue weighted by Crippen LogP contribution is -2.40. The fraction of sp³-hybridized carbons (Fsp3) is 0.700. The van der Waals surface area contributed by atoms with Gasteiger partial charge in [0, 0.05) is 18.8 Å². The Kier molecular flexibility index (Phi) is 7.81. The van der Waals surface area contributed by atoms with Gasteiger partial charge in [0.25, 0.3) is 0 Å². The largest absolute Gasteiger partial charge is 0.388 e. The van der Waals surface area contributed by atoms with E-state index >= 15 is 0 Å². The van der Waals surface area contributed by atoms with Crippen molar-refractivity contribution < 1.29 is 34.0 Å². The molecule has 12 nitrogen and oxygen atoms in total. The summed E-state index contributed by atoms with van der Waals surface area (Å²) in [5.74, 6) is 0. The molecule has 190 valence electrons. The van der Waals surface area contributed by atoms with E-state index in [0.717, 1.165) is 0 Å². The first-order chi connectivity index (χ1) is 15.8. The Morgan fingerprint density at radius 2 is 1.91 bits per heavy atom. The van der Waals surface area contributed by atoms with E-state index in [1.807, 2.05) is 0 Å². The number of H-pyrrole nitrogens is 1. The molecule has 0 radical (unpaired) electrons. The molecule has 3 rings (SSSR count). The topological polar surface area (TPSA) is 180 Å². The summed E-state index contributed by atoms with van der Waals surface area (Å²) in [5, 5.41) is 30.5. The highest BCUT2D eigenvalue weighted by Gasteiger charge is 2.51. The van der Waals surface area contributed by atoms with E-state index in [1.54, 1.807) is 27.7 Å². The highest BCUT2D eigenvalue weighted by atomic mass is 32.1. The fourth-order valence-electron chi connectivity index (χ4n) is 3.96. The van der Waals surface area contributed by atoms with Crippen molar-refractivity contribution >= 4 is 30.8 Å². The smallest absolute Gasteiger partial charge is 0.359 e. The molecule has 14 heteroatoms. The zero-order valence-electron chi connectivity index (χ0n) is 19.4. The number of nitrogens with zero attached hydrogens (tertiary/aromatic N) is 3. The second kappa shape index (κ2) is 9.82. The number of hydrogen-bond acceptors (Lipinski definition) is 10. The number of ether oxygens (including phenoxy) is 1. The molecule has 2 aromatic heterocycles. The van der Waals surface area contributed by atoms with Crippen LogP contribution in [0.4, 0.5) is 0 Å². The Morgan fingerprint density at radius 3 is 2.50 bits per heavy atom. The third-order valence-electron chi connectivity index (χ3n) is 6.52. The molecule has 3 unspecified atom stereocenters. The SMILES string of the molecule is CCC(C)(C[C@H]1O[C@@H](n2cc3cnc(=O)[nH]c3nc2=S)[C@@H](O)C1O)OP(=O)(O)C(O)(CC)CC. The molecule has 0 amide bonds. The van der Waals surface area contributed by atoms with Gasteiger partial charge in [-0.2, -0.15) is 0 Å². The van der Waals surface area contributed by atoms with E-state index in [1.165, 1.54) is 17.0 Å². The molecule has 1 aliphatic heterocycles. The first kappa shape index (κ1) is 27.0. The molecule has 3 heterocycles. The number of aliphatic hydroxyl groups is 3. The minimum absolute atomic E-state index is 0.00318. The van der Waals surface area contributed by atoms with E-state index in [-0.39, 0.29) is 36.1 Å². The fourth-order valence-corrected chi connectivity index (χ4v) is 5.97. The van der Waals surface area contributed by atoms with Gasteiger partial charge in [-0.25, -0.2) is 14.8 Å². The van der Waals surface area contributed by atoms with E-state index in [4.69, 9.17) is 21.5 Å². The number of nitrogens with one attached hydrogen (secondary N) is 1. The van der Waals surface area contributed by atoms with Gasteiger partial charge in [-0.05, 0) is 38.4 Å². The zero-order chi connectivity index (χ0) is 25.5. The third-order valence-corrected chi connectivity index (χ3v) is 9.20. The first-order valence-electron chi connectivity index (χ1n) is 11.1. The maximum Gasteiger partial charge on any atom is 0.359 e. The molecule has 0 aromatic carbocycles. The van der Waals surface area contributed by atoms with Crippen molar-refractivity contribution in [1.82, 2.24) is 19.5 Å². The van der Waals surface area contributed by atoms with Gasteiger partial charge in [0.15, 0.2) is 11.6 Å². The van der Waals surface area contributed by atoms with Crippen molar-refractivity contribution in [3.05, 3.63) is 27.6 Å². The molecule has 1 fully saturated rings. The zero-order valence-corrected chi connectivity index (χ0v) is 21.1. The predicted octanol–water partition coefficient (Wildman–Crippen LogP) is 1.74. The van der Waals surface area contributed by atoms with Crippen LogP contribution in [0.1, 0.15) is 59.6 Å². The lowest BCUT2D eigenvalue weighted by atomic mass is 9.93. The summed E-state index contributed by atoms with van der Waals surface area (Å²) in [6.45, 7) is 6.51. The number of fused-ring (bicyclic) bond motifs is 1. The van der Waals surface area contributed by atoms with Crippen LogP contribution in [0.25, 0.3) is 11.0 Å². The van der Waals surface area contributed by atoms with Gasteiger partial charge >= 0.3 is 13.3 Å². The summed E-state index contributed by atoms with van der Waals surface area (Å²) in [6, 6.07) is 0. The maximum atomic E-state index is 12.9. The molecule has 6 atom stereocenters. The lowest BCUT2D eigenvalue weighted by molar-refractivity contribution is -0.0713. The minimum atomic E-state index is -4.47. The standard InChI is InChI=1S/C20H31N4O8PS/c1-5-19(4,32-33(29,30)20(28,6-2)7-3)8-12-13(25)14(26)16(31-12)24-10-11-9-21-17(27)22-15(11)23-18(24)34/h9-10,12-14,16,25-26,28H,5-8H2,1-4H3,(H,29,30)(H,22,23,27,34)/t12-,13?,14+,16-,19?/m1/s1. The second-order valence-electron chi connectivity index (χ2n) is 8.78. The number of rotatable bonds is 9. The second-order valence-corrected chi connectivity index (χ2v) is 11.2. The van der Waals surface area contributed by atoms with Gasteiger partial charge in [0.2, 0.25) is 4.77 Å². The molecule has 0 spiro atoms. The van der Waals surface area contributed by atoms with Gasteiger partial charge in [-0.1, -0.05) is 20.8 Å². The summed E-state index contributed by atoms with van der Waals surface area (Å²) < 4.78 is 25.8. The van der Waals surface area contributed by atoms with Crippen LogP contribution < -0.4 is 5.69 Å². The van der Waals surface area contributed by atoms with Crippen molar-refractivity contribution in [2.45, 2.75) is 88.9 Å². The molecule has 5 N–H and O–H groups in total. The summed E-state index contributed by atoms with van der Waals surface area (Å²) in [5.41, 5.74) is -1.62. The summed E-state index contributed by atoms with van der Waals surface area (Å²) in [6.07, 6.45) is -1.78. The van der Waals surface area contributed by atoms with Crippen LogP contribution in [0.5, 0.6) is 0 Å². The summed E-state index contributed by atoms with van der Waals surface area (Å²) in [7, 11) is -4.47. The molecule has 1 aliphatic rings. The Balaban J connectivity index is 1.87. The molecule has 1 saturated heterocycles. The minimum Gasteiger partial charge on any atom is -0.388 e. The summed E-state index contributed by atoms with van der Waals surface area (Å²) >= 11 is 5.28. The molecule has 0 saturated carbocycles. The van der Waals surface area contributed by atoms with Crippen LogP contribution in [0.15, 0.2) is 17.2 Å². The van der Waals surface area contributed by atoms with Crippen LogP contribution >= 0.6 is 19.8 Å². The third kappa shape index (κ3) is 5.02. The van der Waals surface area contributed by atoms with Crippen molar-refractivity contribution in [1.29, 1.82) is 0 Å². The number of aromatic nitrogens is 4. The van der Waals surface area contributed by atoms with Crippen LogP contribution in [0.2, 0.25) is 0 Å². The van der Waals surface area contributed by atoms with Gasteiger partial charge in [-0.15, -0.1) is 0 Å². The molecule has 34 heavy (non-hydrogen) atoms. The average Bonchev–Trinajstić information content (AvgIpc) is 3.05. The highest BCUT2D eigenvalue weighted by Crippen LogP contribution is 2.60. The van der Waals surface area contributed by atoms with Gasteiger partial charge < -0.3 is 29.5 Å². The Morgan fingerprint density at radius 1 is 1.26 bits per heavy atom. The summed E-state index contributed by atoms with van der Waals surface area (Å²) in [4.78, 5) is 32.2. The van der Waals surface area contributed by atoms with Crippen molar-refractivity contribution in [2.24, 2.45) is 0 Å². The Hall–Kier alpha value is -1.57. The van der Waals surface area contributed by atoms with Gasteiger partial charge in [0.1, 0.15) is 17.9 Å². The number of aromatic amines is 1. The van der Waals surface area contributed by atoms with E-state index < -0.39 is 48.8 Å². The molecular formula is C20H31N4O8PS. The Bertz CT molecular complexity index is 1200. The van der Waals surface area contributed by atoms with Crippen LogP contribution in [-0.4, -0.2) is 69.0 Å². The van der Waals surface area contributed by atoms with E-state index in [9.17, 15) is 29.6 Å². The van der Waals surface area contributed by atoms with Crippen molar-refractivity contribution in [3.63, 3.8) is 0 Å². The normalized spacial score (nSPS) is 26.9.